The summed E-state index contributed by atoms with van der Waals surface area (Å²) < 4.78 is 32.5. The monoisotopic (exact) mass is 474 g/mol. The van der Waals surface area contributed by atoms with E-state index in [4.69, 9.17) is 9.57 Å². The Morgan fingerprint density at radius 3 is 2.42 bits per heavy atom. The lowest BCUT2D eigenvalue weighted by molar-refractivity contribution is -0.120. The van der Waals surface area contributed by atoms with Crippen molar-refractivity contribution in [1.82, 2.24) is 4.31 Å². The van der Waals surface area contributed by atoms with Crippen molar-refractivity contribution in [3.05, 3.63) is 53.6 Å². The first-order chi connectivity index (χ1) is 15.8. The van der Waals surface area contributed by atoms with E-state index in [9.17, 15) is 18.0 Å². The van der Waals surface area contributed by atoms with Crippen molar-refractivity contribution in [3.8, 4) is 0 Å². The number of rotatable bonds is 8. The molecule has 0 saturated carbocycles. The van der Waals surface area contributed by atoms with Crippen molar-refractivity contribution in [2.45, 2.75) is 18.7 Å². The van der Waals surface area contributed by atoms with Gasteiger partial charge in [-0.25, -0.2) is 8.42 Å². The van der Waals surface area contributed by atoms with Crippen LogP contribution in [0.25, 0.3) is 0 Å². The molecule has 1 aliphatic rings. The smallest absolute Gasteiger partial charge is 0.265 e. The van der Waals surface area contributed by atoms with Crippen molar-refractivity contribution >= 4 is 39.4 Å². The van der Waals surface area contributed by atoms with Gasteiger partial charge in [-0.15, -0.1) is 0 Å². The molecule has 2 amide bonds. The Morgan fingerprint density at radius 2 is 1.76 bits per heavy atom. The molecule has 33 heavy (non-hydrogen) atoms. The molecule has 0 bridgehead atoms. The predicted molar refractivity (Wildman–Crippen MR) is 124 cm³/mol. The standard InChI is InChI=1S/C22H26N4O6S/c1-16-3-6-20(13-21(16)33(29,30)26-9-11-31-12-10-26)25-22(28)15-32-23-14-18-4-7-19(8-5-18)24-17(2)27/h3-8,13-14H,9-12,15H2,1-2H3,(H,24,27)(H,25,28)/b23-14-. The van der Waals surface area contributed by atoms with E-state index in [-0.39, 0.29) is 17.4 Å². The molecular formula is C22H26N4O6S. The molecule has 0 spiro atoms. The van der Waals surface area contributed by atoms with E-state index in [1.165, 1.54) is 23.5 Å². The van der Waals surface area contributed by atoms with E-state index >= 15 is 0 Å². The van der Waals surface area contributed by atoms with Crippen LogP contribution in [0.5, 0.6) is 0 Å². The quantitative estimate of drug-likeness (QED) is 0.445. The highest BCUT2D eigenvalue weighted by atomic mass is 32.2. The number of aryl methyl sites for hydroxylation is 1. The van der Waals surface area contributed by atoms with E-state index < -0.39 is 15.9 Å². The highest BCUT2D eigenvalue weighted by Crippen LogP contribution is 2.24. The average molecular weight is 475 g/mol. The van der Waals surface area contributed by atoms with Crippen LogP contribution in [0.2, 0.25) is 0 Å². The van der Waals surface area contributed by atoms with Gasteiger partial charge in [0.25, 0.3) is 5.91 Å². The van der Waals surface area contributed by atoms with Gasteiger partial charge in [0.05, 0.1) is 24.3 Å². The third-order valence-corrected chi connectivity index (χ3v) is 6.80. The number of sulfonamides is 1. The number of amides is 2. The second-order valence-corrected chi connectivity index (χ2v) is 9.26. The van der Waals surface area contributed by atoms with E-state index in [2.05, 4.69) is 15.8 Å². The highest BCUT2D eigenvalue weighted by molar-refractivity contribution is 7.89. The Kier molecular flexibility index (Phi) is 8.15. The number of anilines is 2. The molecule has 176 valence electrons. The van der Waals surface area contributed by atoms with Gasteiger partial charge in [0.1, 0.15) is 0 Å². The minimum absolute atomic E-state index is 0.142. The number of benzene rings is 2. The maximum absolute atomic E-state index is 13.0. The first-order valence-corrected chi connectivity index (χ1v) is 11.7. The molecule has 0 atom stereocenters. The Hall–Kier alpha value is -3.28. The molecule has 2 aromatic carbocycles. The van der Waals surface area contributed by atoms with Gasteiger partial charge in [-0.1, -0.05) is 23.4 Å². The van der Waals surface area contributed by atoms with Gasteiger partial charge < -0.3 is 20.2 Å². The van der Waals surface area contributed by atoms with Crippen molar-refractivity contribution in [2.24, 2.45) is 5.16 Å². The average Bonchev–Trinajstić information content (AvgIpc) is 2.79. The molecule has 2 aromatic rings. The van der Waals surface area contributed by atoms with Crippen molar-refractivity contribution in [1.29, 1.82) is 0 Å². The molecular weight excluding hydrogens is 448 g/mol. The molecule has 10 nitrogen and oxygen atoms in total. The summed E-state index contributed by atoms with van der Waals surface area (Å²) in [6.07, 6.45) is 1.43. The van der Waals surface area contributed by atoms with Crippen LogP contribution < -0.4 is 10.6 Å². The SMILES string of the molecule is CC(=O)Nc1ccc(/C=N\OCC(=O)Nc2ccc(C)c(S(=O)(=O)N3CCOCC3)c2)cc1. The van der Waals surface area contributed by atoms with Gasteiger partial charge in [0.2, 0.25) is 15.9 Å². The summed E-state index contributed by atoms with van der Waals surface area (Å²) in [5.74, 6) is -0.642. The van der Waals surface area contributed by atoms with Crippen molar-refractivity contribution in [3.63, 3.8) is 0 Å². The number of nitrogens with one attached hydrogen (secondary N) is 2. The Bertz CT molecular complexity index is 1130. The van der Waals surface area contributed by atoms with Crippen LogP contribution in [0.1, 0.15) is 18.1 Å². The summed E-state index contributed by atoms with van der Waals surface area (Å²) in [7, 11) is -3.69. The number of morpholine rings is 1. The molecule has 0 unspecified atom stereocenters. The van der Waals surface area contributed by atoms with Crippen molar-refractivity contribution < 1.29 is 27.6 Å². The van der Waals surface area contributed by atoms with Gasteiger partial charge >= 0.3 is 0 Å². The van der Waals surface area contributed by atoms with Crippen LogP contribution in [0.4, 0.5) is 11.4 Å². The summed E-state index contributed by atoms with van der Waals surface area (Å²) >= 11 is 0. The molecule has 0 aromatic heterocycles. The Morgan fingerprint density at radius 1 is 1.09 bits per heavy atom. The fourth-order valence-corrected chi connectivity index (χ4v) is 4.79. The fourth-order valence-electron chi connectivity index (χ4n) is 3.13. The number of carbonyl (C=O) groups excluding carboxylic acids is 2. The van der Waals surface area contributed by atoms with Crippen LogP contribution >= 0.6 is 0 Å². The van der Waals surface area contributed by atoms with Gasteiger partial charge in [-0.3, -0.25) is 9.59 Å². The summed E-state index contributed by atoms with van der Waals surface area (Å²) in [6, 6.07) is 11.6. The first kappa shape index (κ1) is 24.4. The zero-order valence-corrected chi connectivity index (χ0v) is 19.2. The minimum Gasteiger partial charge on any atom is -0.386 e. The lowest BCUT2D eigenvalue weighted by atomic mass is 10.2. The molecule has 1 heterocycles. The number of nitrogens with zero attached hydrogens (tertiary/aromatic N) is 2. The topological polar surface area (TPSA) is 126 Å². The summed E-state index contributed by atoms with van der Waals surface area (Å²) in [5, 5.41) is 9.04. The normalized spacial score (nSPS) is 14.7. The third-order valence-electron chi connectivity index (χ3n) is 4.76. The Balaban J connectivity index is 1.55. The predicted octanol–water partition coefficient (Wildman–Crippen LogP) is 1.96. The van der Waals surface area contributed by atoms with Crippen LogP contribution in [-0.2, 0) is 29.2 Å². The van der Waals surface area contributed by atoms with Crippen LogP contribution in [-0.4, -0.2) is 63.7 Å². The van der Waals surface area contributed by atoms with Gasteiger partial charge in [-0.05, 0) is 42.3 Å². The molecule has 1 aliphatic heterocycles. The second-order valence-electron chi connectivity index (χ2n) is 7.36. The van der Waals surface area contributed by atoms with Gasteiger partial charge in [-0.2, -0.15) is 4.31 Å². The maximum atomic E-state index is 13.0. The zero-order valence-electron chi connectivity index (χ0n) is 18.4. The largest absolute Gasteiger partial charge is 0.386 e. The number of carbonyl (C=O) groups is 2. The van der Waals surface area contributed by atoms with Crippen LogP contribution in [0.15, 0.2) is 52.5 Å². The summed E-state index contributed by atoms with van der Waals surface area (Å²) in [5.41, 5.74) is 2.32. The lowest BCUT2D eigenvalue weighted by Crippen LogP contribution is -2.40. The van der Waals surface area contributed by atoms with E-state index in [1.807, 2.05) is 0 Å². The Labute approximate surface area is 192 Å². The number of hydrogen-bond acceptors (Lipinski definition) is 7. The zero-order chi connectivity index (χ0) is 23.8. The molecule has 2 N–H and O–H groups in total. The molecule has 11 heteroatoms. The third kappa shape index (κ3) is 6.85. The van der Waals surface area contributed by atoms with E-state index in [1.54, 1.807) is 43.3 Å². The van der Waals surface area contributed by atoms with Crippen LogP contribution in [0, 0.1) is 6.92 Å². The molecule has 1 fully saturated rings. The maximum Gasteiger partial charge on any atom is 0.265 e. The molecule has 3 rings (SSSR count). The van der Waals surface area contributed by atoms with Gasteiger partial charge in [0, 0.05) is 31.4 Å². The lowest BCUT2D eigenvalue weighted by Gasteiger charge is -2.26. The number of ether oxygens (including phenoxy) is 1. The fraction of sp³-hybridized carbons (Fsp3) is 0.318. The van der Waals surface area contributed by atoms with Gasteiger partial charge in [0.15, 0.2) is 6.61 Å². The summed E-state index contributed by atoms with van der Waals surface area (Å²) in [6.45, 7) is 4.08. The molecule has 0 aliphatic carbocycles. The minimum atomic E-state index is -3.69. The highest BCUT2D eigenvalue weighted by Gasteiger charge is 2.28. The molecule has 0 radical (unpaired) electrons. The van der Waals surface area contributed by atoms with E-state index in [0.717, 1.165) is 5.56 Å². The van der Waals surface area contributed by atoms with E-state index in [0.29, 0.717) is 43.2 Å². The van der Waals surface area contributed by atoms with Crippen molar-refractivity contribution in [2.75, 3.05) is 43.5 Å². The second kappa shape index (κ2) is 11.0. The number of oxime groups is 1. The molecule has 1 saturated heterocycles. The summed E-state index contributed by atoms with van der Waals surface area (Å²) in [4.78, 5) is 28.4. The first-order valence-electron chi connectivity index (χ1n) is 10.3. The number of hydrogen-bond donors (Lipinski definition) is 2. The van der Waals surface area contributed by atoms with Crippen LogP contribution in [0.3, 0.4) is 0 Å².